The number of hydrogen-bond acceptors (Lipinski definition) is 7. The highest BCUT2D eigenvalue weighted by atomic mass is 19.4. The Kier molecular flexibility index (Phi) is 10.6. The maximum absolute atomic E-state index is 14.8. The molecule has 2 aromatic carbocycles. The van der Waals surface area contributed by atoms with Crippen LogP contribution in [0, 0.1) is 28.1 Å². The van der Waals surface area contributed by atoms with Gasteiger partial charge in [-0.05, 0) is 63.2 Å². The number of carbonyl (C=O) groups excluding carboxylic acids is 3. The van der Waals surface area contributed by atoms with Crippen LogP contribution in [-0.2, 0) is 44.5 Å². The third-order valence-electron chi connectivity index (χ3n) is 12.3. The Balaban J connectivity index is 1.48. The summed E-state index contributed by atoms with van der Waals surface area (Å²) in [6.07, 6.45) is -7.63. The maximum Gasteiger partial charge on any atom is 0.432 e. The largest absolute Gasteiger partial charge is 0.459 e. The van der Waals surface area contributed by atoms with Crippen LogP contribution in [0.4, 0.5) is 26.3 Å². The lowest BCUT2D eigenvalue weighted by molar-refractivity contribution is -0.281. The zero-order valence-electron chi connectivity index (χ0n) is 30.2. The van der Waals surface area contributed by atoms with Gasteiger partial charge in [-0.1, -0.05) is 85.3 Å². The van der Waals surface area contributed by atoms with E-state index in [-0.39, 0.29) is 19.3 Å². The minimum atomic E-state index is -5.22. The molecule has 3 aliphatic carbocycles. The first-order valence-electron chi connectivity index (χ1n) is 17.3. The number of halogens is 6. The molecule has 2 aromatic rings. The van der Waals surface area contributed by atoms with Crippen molar-refractivity contribution in [3.05, 3.63) is 96.1 Å². The van der Waals surface area contributed by atoms with Gasteiger partial charge in [-0.3, -0.25) is 0 Å². The molecule has 0 amide bonds. The van der Waals surface area contributed by atoms with Gasteiger partial charge in [-0.15, -0.1) is 6.58 Å². The fraction of sp³-hybridized carbons (Fsp3) is 0.525. The van der Waals surface area contributed by atoms with Crippen LogP contribution in [0.25, 0.3) is 0 Å². The Hall–Kier alpha value is -3.97. The number of ether oxygens (including phenoxy) is 4. The van der Waals surface area contributed by atoms with Crippen LogP contribution in [0.15, 0.2) is 85.0 Å². The second kappa shape index (κ2) is 14.0. The molecule has 0 spiro atoms. The smallest absolute Gasteiger partial charge is 0.432 e. The molecule has 0 radical (unpaired) electrons. The molecule has 2 fully saturated rings. The fourth-order valence-corrected chi connectivity index (χ4v) is 9.29. The molecule has 0 N–H and O–H groups in total. The Morgan fingerprint density at radius 3 is 1.66 bits per heavy atom. The lowest BCUT2D eigenvalue weighted by Gasteiger charge is -2.61. The number of benzene rings is 2. The highest BCUT2D eigenvalue weighted by molar-refractivity contribution is 5.84. The molecule has 0 bridgehead atoms. The fourth-order valence-electron chi connectivity index (χ4n) is 9.29. The first-order chi connectivity index (χ1) is 24.8. The molecule has 53 heavy (non-hydrogen) atoms. The van der Waals surface area contributed by atoms with E-state index in [0.717, 1.165) is 44.1 Å². The normalized spacial score (nSPS) is 32.4. The van der Waals surface area contributed by atoms with Gasteiger partial charge in [0.2, 0.25) is 0 Å². The molecule has 5 rings (SSSR count). The minimum Gasteiger partial charge on any atom is -0.459 e. The van der Waals surface area contributed by atoms with Gasteiger partial charge in [0, 0.05) is 30.8 Å². The topological polar surface area (TPSA) is 88.1 Å². The first kappa shape index (κ1) is 40.2. The van der Waals surface area contributed by atoms with Crippen molar-refractivity contribution in [3.63, 3.8) is 0 Å². The van der Waals surface area contributed by atoms with Crippen molar-refractivity contribution < 1.29 is 59.7 Å². The van der Waals surface area contributed by atoms with E-state index in [1.54, 1.807) is 13.8 Å². The quantitative estimate of drug-likeness (QED) is 0.104. The molecular formula is C40H44F6O7. The van der Waals surface area contributed by atoms with Crippen molar-refractivity contribution in [1.29, 1.82) is 0 Å². The zero-order valence-corrected chi connectivity index (χ0v) is 30.2. The second-order valence-electron chi connectivity index (χ2n) is 15.0. The van der Waals surface area contributed by atoms with Gasteiger partial charge in [0.05, 0.1) is 5.41 Å². The predicted molar refractivity (Wildman–Crippen MR) is 181 cm³/mol. The van der Waals surface area contributed by atoms with Gasteiger partial charge in [0.25, 0.3) is 11.2 Å². The molecular weight excluding hydrogens is 706 g/mol. The molecule has 9 atom stereocenters. The number of esters is 2. The number of allylic oxidation sites excluding steroid dienone is 1. The third kappa shape index (κ3) is 6.21. The van der Waals surface area contributed by atoms with Crippen LogP contribution in [-0.4, -0.2) is 57.0 Å². The summed E-state index contributed by atoms with van der Waals surface area (Å²) in [4.78, 5) is 40.6. The predicted octanol–water partition coefficient (Wildman–Crippen LogP) is 8.57. The van der Waals surface area contributed by atoms with Crippen molar-refractivity contribution in [1.82, 2.24) is 0 Å². The SMILES string of the molecule is C=C[C@@]1(C)C=C2CC[C@@H]3[C@@](C)(C=O)[C@H](OC(=O)[C@](OC)(c4ccccc4)C(F)(F)F)CC[C@@]3(C)[C@@H]2C[C@@H]1OC(=O)[C@](OC)(c1ccccc1)C(F)(F)F. The highest BCUT2D eigenvalue weighted by Gasteiger charge is 2.68. The molecule has 2 saturated carbocycles. The van der Waals surface area contributed by atoms with Gasteiger partial charge in [-0.25, -0.2) is 9.59 Å². The lowest BCUT2D eigenvalue weighted by atomic mass is 9.44. The Bertz CT molecular complexity index is 1730. The summed E-state index contributed by atoms with van der Waals surface area (Å²) in [6.45, 7) is 9.09. The second-order valence-corrected chi connectivity index (χ2v) is 15.0. The molecule has 0 unspecified atom stereocenters. The van der Waals surface area contributed by atoms with E-state index in [9.17, 15) is 40.7 Å². The van der Waals surface area contributed by atoms with Crippen molar-refractivity contribution >= 4 is 18.2 Å². The number of fused-ring (bicyclic) bond motifs is 3. The van der Waals surface area contributed by atoms with E-state index in [1.807, 2.05) is 13.0 Å². The van der Waals surface area contributed by atoms with E-state index in [2.05, 4.69) is 6.58 Å². The summed E-state index contributed by atoms with van der Waals surface area (Å²) in [5, 5.41) is 0. The lowest BCUT2D eigenvalue weighted by Crippen LogP contribution is -2.61. The maximum atomic E-state index is 14.8. The Morgan fingerprint density at radius 1 is 0.774 bits per heavy atom. The molecule has 0 saturated heterocycles. The van der Waals surface area contributed by atoms with Crippen LogP contribution in [0.5, 0.6) is 0 Å². The molecule has 7 nitrogen and oxygen atoms in total. The summed E-state index contributed by atoms with van der Waals surface area (Å²) >= 11 is 0. The standard InChI is InChI=1S/C40H44F6O7/c1-7-34(2)23-25-18-19-29-35(3,28(25)22-31(34)53-33(49)38(51-6,40(44,45)46)27-16-12-9-13-17-27)21-20-30(36(29,4)24-47)52-32(48)37(50-5,39(41,42)43)26-14-10-8-11-15-26/h7-17,23-24,28-31H,1,18-22H2,2-6H3/t28-,29+,30-,31+,34+,35+,36-,37-,38-/m1/s1. The third-order valence-corrected chi connectivity index (χ3v) is 12.3. The number of hydrogen-bond donors (Lipinski definition) is 0. The summed E-state index contributed by atoms with van der Waals surface area (Å²) in [6, 6.07) is 12.9. The van der Waals surface area contributed by atoms with Crippen LogP contribution < -0.4 is 0 Å². The molecule has 13 heteroatoms. The number of methoxy groups -OCH3 is 2. The van der Waals surface area contributed by atoms with Gasteiger partial charge < -0.3 is 23.7 Å². The summed E-state index contributed by atoms with van der Waals surface area (Å²) < 4.78 is 110. The van der Waals surface area contributed by atoms with Crippen LogP contribution in [0.1, 0.15) is 64.0 Å². The Labute approximate surface area is 304 Å². The van der Waals surface area contributed by atoms with Crippen LogP contribution >= 0.6 is 0 Å². The first-order valence-corrected chi connectivity index (χ1v) is 17.3. The number of alkyl halides is 6. The summed E-state index contributed by atoms with van der Waals surface area (Å²) in [5.74, 6) is -4.31. The summed E-state index contributed by atoms with van der Waals surface area (Å²) in [5.41, 5.74) is -10.2. The van der Waals surface area contributed by atoms with Crippen LogP contribution in [0.3, 0.4) is 0 Å². The van der Waals surface area contributed by atoms with E-state index in [4.69, 9.17) is 18.9 Å². The average Bonchev–Trinajstić information content (AvgIpc) is 3.11. The summed E-state index contributed by atoms with van der Waals surface area (Å²) in [7, 11) is 1.55. The van der Waals surface area contributed by atoms with Crippen molar-refractivity contribution in [3.8, 4) is 0 Å². The van der Waals surface area contributed by atoms with E-state index < -0.39 is 86.9 Å². The van der Waals surface area contributed by atoms with Crippen molar-refractivity contribution in [2.75, 3.05) is 14.2 Å². The highest BCUT2D eigenvalue weighted by Crippen LogP contribution is 2.64. The molecule has 3 aliphatic rings. The van der Waals surface area contributed by atoms with Gasteiger partial charge >= 0.3 is 24.3 Å². The zero-order chi connectivity index (χ0) is 39.3. The van der Waals surface area contributed by atoms with Gasteiger partial charge in [0.1, 0.15) is 18.5 Å². The number of carbonyl (C=O) groups is 3. The van der Waals surface area contributed by atoms with Gasteiger partial charge in [-0.2, -0.15) is 26.3 Å². The van der Waals surface area contributed by atoms with Crippen molar-refractivity contribution in [2.24, 2.45) is 28.1 Å². The average molecular weight is 751 g/mol. The number of rotatable bonds is 10. The van der Waals surface area contributed by atoms with Crippen molar-refractivity contribution in [2.45, 2.75) is 88.6 Å². The van der Waals surface area contributed by atoms with Gasteiger partial charge in [0.15, 0.2) is 0 Å². The van der Waals surface area contributed by atoms with E-state index in [0.29, 0.717) is 19.1 Å². The number of aldehydes is 1. The molecule has 288 valence electrons. The van der Waals surface area contributed by atoms with E-state index >= 15 is 0 Å². The monoisotopic (exact) mass is 750 g/mol. The molecule has 0 aromatic heterocycles. The minimum absolute atomic E-state index is 0.00223. The van der Waals surface area contributed by atoms with Crippen LogP contribution in [0.2, 0.25) is 0 Å². The molecule has 0 heterocycles. The Morgan fingerprint density at radius 2 is 1.25 bits per heavy atom. The van der Waals surface area contributed by atoms with E-state index in [1.165, 1.54) is 42.5 Å². The molecule has 0 aliphatic heterocycles.